The lowest BCUT2D eigenvalue weighted by Crippen LogP contribution is -2.38. The Kier molecular flexibility index (Phi) is 8.05. The van der Waals surface area contributed by atoms with E-state index in [2.05, 4.69) is 41.9 Å². The van der Waals surface area contributed by atoms with Crippen molar-refractivity contribution in [2.45, 2.75) is 13.1 Å². The van der Waals surface area contributed by atoms with Crippen LogP contribution in [0, 0.1) is 5.82 Å². The molecule has 0 unspecified atom stereocenters. The van der Waals surface area contributed by atoms with E-state index < -0.39 is 0 Å². The first-order chi connectivity index (χ1) is 13.0. The summed E-state index contributed by atoms with van der Waals surface area (Å²) in [5.74, 6) is 0.454. The quantitative estimate of drug-likeness (QED) is 0.292. The number of nitrogens with one attached hydrogen (secondary N) is 1. The monoisotopic (exact) mass is 560 g/mol. The Hall–Kier alpha value is -1.88. The fraction of sp³-hybridized carbons (Fsp3) is 0.263. The molecule has 3 aromatic rings. The molecule has 0 aliphatic carbocycles. The maximum absolute atomic E-state index is 14.4. The number of benzene rings is 1. The van der Waals surface area contributed by atoms with Crippen LogP contribution in [0.15, 0.2) is 58.6 Å². The molecule has 28 heavy (non-hydrogen) atoms. The molecule has 0 atom stereocenters. The number of aryl methyl sites for hydroxylation is 1. The maximum Gasteiger partial charge on any atom is 0.194 e. The highest BCUT2D eigenvalue weighted by Gasteiger charge is 2.11. The number of aromatic nitrogens is 3. The summed E-state index contributed by atoms with van der Waals surface area (Å²) in [7, 11) is 5.72. The van der Waals surface area contributed by atoms with Crippen LogP contribution in [0.5, 0.6) is 0 Å². The van der Waals surface area contributed by atoms with Crippen LogP contribution in [-0.4, -0.2) is 39.1 Å². The fourth-order valence-electron chi connectivity index (χ4n) is 2.88. The molecule has 6 nitrogen and oxygen atoms in total. The summed E-state index contributed by atoms with van der Waals surface area (Å²) in [6, 6.07) is 7.26. The Morgan fingerprint density at radius 3 is 2.71 bits per heavy atom. The Bertz CT molecular complexity index is 938. The first-order valence-electron chi connectivity index (χ1n) is 8.47. The van der Waals surface area contributed by atoms with E-state index >= 15 is 0 Å². The van der Waals surface area contributed by atoms with Crippen molar-refractivity contribution in [3.05, 3.63) is 70.7 Å². The van der Waals surface area contributed by atoms with Crippen molar-refractivity contribution >= 4 is 45.9 Å². The molecule has 0 aliphatic heterocycles. The van der Waals surface area contributed by atoms with E-state index in [0.717, 1.165) is 21.7 Å². The standard InChI is InChI=1S/C19H22BrFN6.HI/c1-22-19(26(3)12-16-9-15(20)11-25(16)2)24-10-14-4-5-18(17(21)8-14)27-7-6-23-13-27;/h4-9,11,13H,10,12H2,1-3H3,(H,22,24);1H. The summed E-state index contributed by atoms with van der Waals surface area (Å²) in [6.45, 7) is 1.19. The summed E-state index contributed by atoms with van der Waals surface area (Å²) >= 11 is 3.49. The van der Waals surface area contributed by atoms with Crippen LogP contribution in [0.2, 0.25) is 0 Å². The van der Waals surface area contributed by atoms with Gasteiger partial charge in [0.15, 0.2) is 5.96 Å². The van der Waals surface area contributed by atoms with Gasteiger partial charge in [-0.15, -0.1) is 24.0 Å². The highest BCUT2D eigenvalue weighted by molar-refractivity contribution is 14.0. The predicted molar refractivity (Wildman–Crippen MR) is 124 cm³/mol. The van der Waals surface area contributed by atoms with Gasteiger partial charge in [0.2, 0.25) is 0 Å². The Morgan fingerprint density at radius 1 is 1.36 bits per heavy atom. The molecule has 0 bridgehead atoms. The average Bonchev–Trinajstić information content (AvgIpc) is 3.25. The van der Waals surface area contributed by atoms with Gasteiger partial charge >= 0.3 is 0 Å². The zero-order chi connectivity index (χ0) is 19.4. The average molecular weight is 561 g/mol. The number of nitrogens with zero attached hydrogens (tertiary/aromatic N) is 5. The number of aliphatic imine (C=N–C) groups is 1. The predicted octanol–water partition coefficient (Wildman–Crippen LogP) is 3.94. The molecular weight excluding hydrogens is 538 g/mol. The fourth-order valence-corrected chi connectivity index (χ4v) is 3.45. The second-order valence-corrected chi connectivity index (χ2v) is 7.19. The minimum Gasteiger partial charge on any atom is -0.352 e. The van der Waals surface area contributed by atoms with Crippen LogP contribution in [0.3, 0.4) is 0 Å². The number of rotatable bonds is 5. The van der Waals surface area contributed by atoms with Gasteiger partial charge in [0.25, 0.3) is 0 Å². The molecule has 1 aromatic carbocycles. The van der Waals surface area contributed by atoms with Crippen molar-refractivity contribution in [2.75, 3.05) is 14.1 Å². The van der Waals surface area contributed by atoms with E-state index in [1.165, 1.54) is 6.07 Å². The lowest BCUT2D eigenvalue weighted by atomic mass is 10.2. The summed E-state index contributed by atoms with van der Waals surface area (Å²) < 4.78 is 19.2. The van der Waals surface area contributed by atoms with E-state index in [4.69, 9.17) is 0 Å². The van der Waals surface area contributed by atoms with Crippen molar-refractivity contribution in [1.82, 2.24) is 24.3 Å². The van der Waals surface area contributed by atoms with Crippen LogP contribution in [0.4, 0.5) is 4.39 Å². The van der Waals surface area contributed by atoms with Gasteiger partial charge in [0, 0.05) is 56.4 Å². The third kappa shape index (κ3) is 5.34. The van der Waals surface area contributed by atoms with Gasteiger partial charge in [-0.05, 0) is 39.7 Å². The van der Waals surface area contributed by atoms with Gasteiger partial charge in [-0.3, -0.25) is 4.99 Å². The molecule has 9 heteroatoms. The van der Waals surface area contributed by atoms with Gasteiger partial charge in [-0.1, -0.05) is 6.07 Å². The Balaban J connectivity index is 0.00000280. The summed E-state index contributed by atoms with van der Waals surface area (Å²) in [5, 5.41) is 3.28. The summed E-state index contributed by atoms with van der Waals surface area (Å²) in [4.78, 5) is 10.3. The number of hydrogen-bond donors (Lipinski definition) is 1. The van der Waals surface area contributed by atoms with Crippen LogP contribution in [0.1, 0.15) is 11.3 Å². The molecule has 0 saturated heterocycles. The van der Waals surface area contributed by atoms with Crippen molar-refractivity contribution in [3.63, 3.8) is 0 Å². The van der Waals surface area contributed by atoms with E-state index in [1.807, 2.05) is 31.3 Å². The second kappa shape index (κ2) is 10.1. The molecular formula is C19H23BrFIN6. The molecule has 2 aromatic heterocycles. The molecule has 0 saturated carbocycles. The van der Waals surface area contributed by atoms with Crippen LogP contribution < -0.4 is 5.32 Å². The molecule has 1 N–H and O–H groups in total. The number of halogens is 3. The number of imidazole rings is 1. The van der Waals surface area contributed by atoms with Gasteiger partial charge in [-0.25, -0.2) is 9.37 Å². The van der Waals surface area contributed by atoms with Crippen molar-refractivity contribution in [1.29, 1.82) is 0 Å². The van der Waals surface area contributed by atoms with Crippen molar-refractivity contribution in [3.8, 4) is 5.69 Å². The number of guanidine groups is 1. The molecule has 2 heterocycles. The highest BCUT2D eigenvalue weighted by atomic mass is 127. The van der Waals surface area contributed by atoms with E-state index in [9.17, 15) is 4.39 Å². The molecule has 0 amide bonds. The van der Waals surface area contributed by atoms with Gasteiger partial charge in [0.1, 0.15) is 5.82 Å². The molecule has 3 rings (SSSR count). The number of hydrogen-bond acceptors (Lipinski definition) is 2. The molecule has 0 fully saturated rings. The van der Waals surface area contributed by atoms with E-state index in [-0.39, 0.29) is 29.8 Å². The zero-order valence-electron chi connectivity index (χ0n) is 15.9. The largest absolute Gasteiger partial charge is 0.352 e. The molecule has 0 aliphatic rings. The molecule has 0 spiro atoms. The van der Waals surface area contributed by atoms with Crippen molar-refractivity contribution < 1.29 is 4.39 Å². The first-order valence-corrected chi connectivity index (χ1v) is 9.26. The van der Waals surface area contributed by atoms with Gasteiger partial charge in [0.05, 0.1) is 18.6 Å². The third-order valence-corrected chi connectivity index (χ3v) is 4.73. The minimum atomic E-state index is -0.288. The van der Waals surface area contributed by atoms with E-state index in [0.29, 0.717) is 18.8 Å². The van der Waals surface area contributed by atoms with Crippen LogP contribution in [0.25, 0.3) is 5.69 Å². The maximum atomic E-state index is 14.4. The molecule has 150 valence electrons. The van der Waals surface area contributed by atoms with Crippen LogP contribution >= 0.6 is 39.9 Å². The minimum absolute atomic E-state index is 0. The Labute approximate surface area is 189 Å². The zero-order valence-corrected chi connectivity index (χ0v) is 19.8. The topological polar surface area (TPSA) is 50.4 Å². The van der Waals surface area contributed by atoms with Gasteiger partial charge in [-0.2, -0.15) is 0 Å². The normalized spacial score (nSPS) is 11.2. The highest BCUT2D eigenvalue weighted by Crippen LogP contribution is 2.16. The van der Waals surface area contributed by atoms with E-state index in [1.54, 1.807) is 36.4 Å². The molecule has 0 radical (unpaired) electrons. The van der Waals surface area contributed by atoms with Crippen molar-refractivity contribution in [2.24, 2.45) is 12.0 Å². The SMILES string of the molecule is CN=C(NCc1ccc(-n2ccnc2)c(F)c1)N(C)Cc1cc(Br)cn1C.I. The first kappa shape index (κ1) is 22.4. The lowest BCUT2D eigenvalue weighted by Gasteiger charge is -2.22. The lowest BCUT2D eigenvalue weighted by molar-refractivity contribution is 0.461. The third-order valence-electron chi connectivity index (χ3n) is 4.29. The smallest absolute Gasteiger partial charge is 0.194 e. The second-order valence-electron chi connectivity index (χ2n) is 6.27. The van der Waals surface area contributed by atoms with Crippen LogP contribution in [-0.2, 0) is 20.1 Å². The Morgan fingerprint density at radius 2 is 2.14 bits per heavy atom. The summed E-state index contributed by atoms with van der Waals surface area (Å²) in [5.41, 5.74) is 2.47. The van der Waals surface area contributed by atoms with Gasteiger partial charge < -0.3 is 19.4 Å². The summed E-state index contributed by atoms with van der Waals surface area (Å²) in [6.07, 6.45) is 6.94.